The van der Waals surface area contributed by atoms with Crippen molar-refractivity contribution in [2.24, 2.45) is 0 Å². The molecular formula is C23H24N6O2S. The summed E-state index contributed by atoms with van der Waals surface area (Å²) in [5.41, 5.74) is 4.09. The van der Waals surface area contributed by atoms with Gasteiger partial charge in [-0.25, -0.2) is 9.97 Å². The van der Waals surface area contributed by atoms with Gasteiger partial charge in [-0.1, -0.05) is 6.07 Å². The number of methoxy groups -OCH3 is 1. The summed E-state index contributed by atoms with van der Waals surface area (Å²) in [6.07, 6.45) is 8.56. The lowest BCUT2D eigenvalue weighted by Crippen LogP contribution is -2.26. The van der Waals surface area contributed by atoms with Gasteiger partial charge >= 0.3 is 0 Å². The normalized spacial score (nSPS) is 10.9. The van der Waals surface area contributed by atoms with Crippen molar-refractivity contribution in [3.05, 3.63) is 76.8 Å². The van der Waals surface area contributed by atoms with Crippen molar-refractivity contribution < 1.29 is 9.53 Å². The van der Waals surface area contributed by atoms with Crippen LogP contribution in [0.3, 0.4) is 0 Å². The fourth-order valence-corrected chi connectivity index (χ4v) is 4.13. The highest BCUT2D eigenvalue weighted by molar-refractivity contribution is 7.13. The number of hydrogen-bond acceptors (Lipinski definition) is 7. The third kappa shape index (κ3) is 4.90. The van der Waals surface area contributed by atoms with Crippen LogP contribution >= 0.6 is 11.3 Å². The first-order valence-electron chi connectivity index (χ1n) is 10.3. The molecule has 0 spiro atoms. The molecule has 0 aliphatic heterocycles. The molecule has 4 aromatic heterocycles. The van der Waals surface area contributed by atoms with Gasteiger partial charge in [-0.15, -0.1) is 11.3 Å². The Morgan fingerprint density at radius 2 is 2.06 bits per heavy atom. The van der Waals surface area contributed by atoms with E-state index in [0.29, 0.717) is 23.8 Å². The van der Waals surface area contributed by atoms with Crippen molar-refractivity contribution in [1.82, 2.24) is 30.0 Å². The summed E-state index contributed by atoms with van der Waals surface area (Å²) in [5, 5.41) is 9.39. The van der Waals surface area contributed by atoms with Gasteiger partial charge in [0.05, 0.1) is 34.6 Å². The number of amides is 1. The molecule has 0 saturated carbocycles. The Balaban J connectivity index is 1.51. The van der Waals surface area contributed by atoms with Crippen LogP contribution in [0.2, 0.25) is 0 Å². The molecule has 4 rings (SSSR count). The fourth-order valence-electron chi connectivity index (χ4n) is 3.35. The predicted octanol–water partition coefficient (Wildman–Crippen LogP) is 3.60. The van der Waals surface area contributed by atoms with Crippen LogP contribution in [0, 0.1) is 6.92 Å². The summed E-state index contributed by atoms with van der Waals surface area (Å²) in [6.45, 7) is 2.75. The number of aryl methyl sites for hydroxylation is 2. The van der Waals surface area contributed by atoms with Crippen molar-refractivity contribution in [3.63, 3.8) is 0 Å². The van der Waals surface area contributed by atoms with Crippen molar-refractivity contribution >= 4 is 17.2 Å². The molecule has 4 aromatic rings. The molecule has 0 aliphatic rings. The van der Waals surface area contributed by atoms with Gasteiger partial charge in [-0.2, -0.15) is 9.78 Å². The first kappa shape index (κ1) is 21.8. The SMILES string of the molecule is COCc1c(C(=O)NCCCc2ccncc2)cnn1-c1ncc(C)c(-c2cccs2)n1. The molecule has 0 saturated heterocycles. The molecule has 0 aliphatic carbocycles. The molecule has 0 radical (unpaired) electrons. The number of aromatic nitrogens is 5. The Morgan fingerprint density at radius 3 is 2.81 bits per heavy atom. The zero-order valence-electron chi connectivity index (χ0n) is 18.0. The molecule has 8 nitrogen and oxygen atoms in total. The Hall–Kier alpha value is -3.43. The van der Waals surface area contributed by atoms with E-state index in [9.17, 15) is 4.79 Å². The second-order valence-corrected chi connectivity index (χ2v) is 8.19. The highest BCUT2D eigenvalue weighted by Gasteiger charge is 2.20. The molecular weight excluding hydrogens is 424 g/mol. The van der Waals surface area contributed by atoms with Crippen LogP contribution in [0.4, 0.5) is 0 Å². The van der Waals surface area contributed by atoms with E-state index in [-0.39, 0.29) is 12.5 Å². The average Bonchev–Trinajstić information content (AvgIpc) is 3.49. The van der Waals surface area contributed by atoms with Crippen LogP contribution in [0.15, 0.2) is 54.4 Å². The van der Waals surface area contributed by atoms with E-state index in [1.165, 1.54) is 5.56 Å². The Morgan fingerprint density at radius 1 is 1.22 bits per heavy atom. The highest BCUT2D eigenvalue weighted by Crippen LogP contribution is 2.26. The summed E-state index contributed by atoms with van der Waals surface area (Å²) >= 11 is 1.62. The number of nitrogens with zero attached hydrogens (tertiary/aromatic N) is 5. The molecule has 164 valence electrons. The zero-order valence-corrected chi connectivity index (χ0v) is 18.8. The third-order valence-electron chi connectivity index (χ3n) is 4.97. The first-order valence-corrected chi connectivity index (χ1v) is 11.2. The van der Waals surface area contributed by atoms with Gasteiger partial charge in [-0.3, -0.25) is 9.78 Å². The lowest BCUT2D eigenvalue weighted by molar-refractivity contribution is 0.0948. The first-order chi connectivity index (χ1) is 15.7. The maximum Gasteiger partial charge on any atom is 0.254 e. The van der Waals surface area contributed by atoms with Crippen LogP contribution < -0.4 is 5.32 Å². The minimum atomic E-state index is -0.191. The lowest BCUT2D eigenvalue weighted by atomic mass is 10.1. The Kier molecular flexibility index (Phi) is 6.98. The van der Waals surface area contributed by atoms with E-state index < -0.39 is 0 Å². The molecule has 32 heavy (non-hydrogen) atoms. The quantitative estimate of drug-likeness (QED) is 0.393. The number of nitrogens with one attached hydrogen (secondary N) is 1. The van der Waals surface area contributed by atoms with Gasteiger partial charge in [0.15, 0.2) is 0 Å². The molecule has 0 aromatic carbocycles. The summed E-state index contributed by atoms with van der Waals surface area (Å²) in [6, 6.07) is 7.97. The smallest absolute Gasteiger partial charge is 0.254 e. The molecule has 0 fully saturated rings. The molecule has 0 unspecified atom stereocenters. The molecule has 4 heterocycles. The largest absolute Gasteiger partial charge is 0.378 e. The van der Waals surface area contributed by atoms with E-state index in [2.05, 4.69) is 20.4 Å². The van der Waals surface area contributed by atoms with Gasteiger partial charge in [-0.05, 0) is 54.5 Å². The number of hydrogen-bond donors (Lipinski definition) is 1. The molecule has 0 atom stereocenters. The number of thiophene rings is 1. The van der Waals surface area contributed by atoms with Crippen LogP contribution in [0.5, 0.6) is 0 Å². The number of rotatable bonds is 9. The van der Waals surface area contributed by atoms with Gasteiger partial charge in [0.1, 0.15) is 0 Å². The summed E-state index contributed by atoms with van der Waals surface area (Å²) in [4.78, 5) is 27.1. The van der Waals surface area contributed by atoms with Gasteiger partial charge in [0.25, 0.3) is 11.9 Å². The fraction of sp³-hybridized carbons (Fsp3) is 0.261. The minimum Gasteiger partial charge on any atom is -0.378 e. The zero-order chi connectivity index (χ0) is 22.3. The summed E-state index contributed by atoms with van der Waals surface area (Å²) in [5.74, 6) is 0.214. The number of carbonyl (C=O) groups excluding carboxylic acids is 1. The minimum absolute atomic E-state index is 0.191. The van der Waals surface area contributed by atoms with Gasteiger partial charge < -0.3 is 10.1 Å². The van der Waals surface area contributed by atoms with E-state index >= 15 is 0 Å². The van der Waals surface area contributed by atoms with E-state index in [1.54, 1.807) is 47.9 Å². The van der Waals surface area contributed by atoms with Crippen LogP contribution in [0.1, 0.15) is 33.6 Å². The van der Waals surface area contributed by atoms with Crippen molar-refractivity contribution in [1.29, 1.82) is 0 Å². The van der Waals surface area contributed by atoms with Crippen LogP contribution in [0.25, 0.3) is 16.5 Å². The molecule has 0 bridgehead atoms. The monoisotopic (exact) mass is 448 g/mol. The lowest BCUT2D eigenvalue weighted by Gasteiger charge is -2.10. The predicted molar refractivity (Wildman–Crippen MR) is 123 cm³/mol. The number of carbonyl (C=O) groups is 1. The third-order valence-corrected chi connectivity index (χ3v) is 5.85. The van der Waals surface area contributed by atoms with Crippen LogP contribution in [-0.4, -0.2) is 44.3 Å². The standard InChI is InChI=1S/C23H24N6O2S/c1-16-13-26-23(28-21(16)20-6-4-12-32-20)29-19(15-31-2)18(14-27-29)22(30)25-9-3-5-17-7-10-24-11-8-17/h4,6-8,10-14H,3,5,9,15H2,1-2H3,(H,25,30). The topological polar surface area (TPSA) is 94.8 Å². The summed E-state index contributed by atoms with van der Waals surface area (Å²) < 4.78 is 6.92. The molecule has 9 heteroatoms. The van der Waals surface area contributed by atoms with Gasteiger partial charge in [0.2, 0.25) is 0 Å². The van der Waals surface area contributed by atoms with Crippen molar-refractivity contribution in [2.45, 2.75) is 26.4 Å². The maximum atomic E-state index is 12.8. The Labute approximate surface area is 190 Å². The summed E-state index contributed by atoms with van der Waals surface area (Å²) in [7, 11) is 1.58. The van der Waals surface area contributed by atoms with E-state index in [1.807, 2.05) is 36.6 Å². The van der Waals surface area contributed by atoms with E-state index in [0.717, 1.165) is 29.0 Å². The second-order valence-electron chi connectivity index (χ2n) is 7.24. The highest BCUT2D eigenvalue weighted by atomic mass is 32.1. The van der Waals surface area contributed by atoms with Crippen molar-refractivity contribution in [3.8, 4) is 16.5 Å². The van der Waals surface area contributed by atoms with Crippen LogP contribution in [-0.2, 0) is 17.8 Å². The van der Waals surface area contributed by atoms with E-state index in [4.69, 9.17) is 9.72 Å². The molecule has 1 N–H and O–H groups in total. The number of ether oxygens (including phenoxy) is 1. The maximum absolute atomic E-state index is 12.8. The Bertz CT molecular complexity index is 1170. The van der Waals surface area contributed by atoms with Gasteiger partial charge in [0, 0.05) is 32.2 Å². The second kappa shape index (κ2) is 10.3. The molecule has 1 amide bonds. The average molecular weight is 449 g/mol. The number of pyridine rings is 1. The van der Waals surface area contributed by atoms with Crippen molar-refractivity contribution in [2.75, 3.05) is 13.7 Å².